The first-order chi connectivity index (χ1) is 17.5. The number of aromatic nitrogens is 2. The van der Waals surface area contributed by atoms with Crippen LogP contribution in [0.1, 0.15) is 37.7 Å². The number of carbonyl (C=O) groups excluding carboxylic acids is 1. The Hall–Kier alpha value is -2.87. The third kappa shape index (κ3) is 6.27. The SMILES string of the molecule is CC(C)[C@H](c1nc(-c2cccc(Cl)c2)cn1Cc1ccccc1)N(CCCN)C(=O)N1CCOCC1. The van der Waals surface area contributed by atoms with Gasteiger partial charge >= 0.3 is 6.03 Å². The molecule has 0 aliphatic carbocycles. The van der Waals surface area contributed by atoms with E-state index in [0.717, 1.165) is 23.5 Å². The largest absolute Gasteiger partial charge is 0.378 e. The molecule has 0 bridgehead atoms. The number of amides is 2. The number of ether oxygens (including phenoxy) is 1. The zero-order chi connectivity index (χ0) is 25.5. The minimum atomic E-state index is -0.219. The highest BCUT2D eigenvalue weighted by Crippen LogP contribution is 2.33. The van der Waals surface area contributed by atoms with E-state index in [9.17, 15) is 4.79 Å². The maximum absolute atomic E-state index is 13.8. The molecule has 0 spiro atoms. The van der Waals surface area contributed by atoms with Crippen molar-refractivity contribution in [1.82, 2.24) is 19.4 Å². The van der Waals surface area contributed by atoms with E-state index in [0.29, 0.717) is 51.0 Å². The van der Waals surface area contributed by atoms with Crippen molar-refractivity contribution in [1.29, 1.82) is 0 Å². The van der Waals surface area contributed by atoms with Gasteiger partial charge in [-0.05, 0) is 36.6 Å². The van der Waals surface area contributed by atoms with E-state index in [-0.39, 0.29) is 18.0 Å². The number of hydrogen-bond donors (Lipinski definition) is 1. The zero-order valence-corrected chi connectivity index (χ0v) is 21.9. The maximum atomic E-state index is 13.8. The Morgan fingerprint density at radius 3 is 2.56 bits per heavy atom. The van der Waals surface area contributed by atoms with Crippen LogP contribution < -0.4 is 5.73 Å². The summed E-state index contributed by atoms with van der Waals surface area (Å²) in [5.74, 6) is 0.999. The summed E-state index contributed by atoms with van der Waals surface area (Å²) in [4.78, 5) is 22.8. The van der Waals surface area contributed by atoms with Crippen molar-refractivity contribution in [3.8, 4) is 11.3 Å². The first-order valence-electron chi connectivity index (χ1n) is 12.7. The molecule has 7 nitrogen and oxygen atoms in total. The van der Waals surface area contributed by atoms with Gasteiger partial charge in [0, 0.05) is 43.0 Å². The second kappa shape index (κ2) is 12.4. The van der Waals surface area contributed by atoms with Crippen LogP contribution in [0.3, 0.4) is 0 Å². The minimum Gasteiger partial charge on any atom is -0.378 e. The monoisotopic (exact) mass is 509 g/mol. The highest BCUT2D eigenvalue weighted by molar-refractivity contribution is 6.30. The summed E-state index contributed by atoms with van der Waals surface area (Å²) < 4.78 is 7.67. The van der Waals surface area contributed by atoms with Gasteiger partial charge in [0.25, 0.3) is 0 Å². The predicted octanol–water partition coefficient (Wildman–Crippen LogP) is 5.05. The zero-order valence-electron chi connectivity index (χ0n) is 21.1. The van der Waals surface area contributed by atoms with Gasteiger partial charge in [0.05, 0.1) is 24.9 Å². The van der Waals surface area contributed by atoms with Crippen molar-refractivity contribution in [2.45, 2.75) is 32.9 Å². The van der Waals surface area contributed by atoms with Crippen molar-refractivity contribution in [3.05, 3.63) is 77.2 Å². The second-order valence-corrected chi connectivity index (χ2v) is 9.95. The quantitative estimate of drug-likeness (QED) is 0.438. The lowest BCUT2D eigenvalue weighted by Gasteiger charge is -2.39. The predicted molar refractivity (Wildman–Crippen MR) is 144 cm³/mol. The van der Waals surface area contributed by atoms with Gasteiger partial charge in [-0.3, -0.25) is 0 Å². The van der Waals surface area contributed by atoms with Gasteiger partial charge in [-0.1, -0.05) is 67.9 Å². The number of halogens is 1. The number of benzene rings is 2. The molecule has 1 aliphatic rings. The van der Waals surface area contributed by atoms with Gasteiger partial charge in [0.15, 0.2) is 0 Å². The van der Waals surface area contributed by atoms with Crippen molar-refractivity contribution < 1.29 is 9.53 Å². The molecular weight excluding hydrogens is 474 g/mol. The Bertz CT molecular complexity index is 1130. The van der Waals surface area contributed by atoms with Gasteiger partial charge in [-0.2, -0.15) is 0 Å². The molecule has 3 aromatic rings. The van der Waals surface area contributed by atoms with Gasteiger partial charge in [0.1, 0.15) is 5.82 Å². The number of morpholine rings is 1. The third-order valence-electron chi connectivity index (χ3n) is 6.49. The molecule has 4 rings (SSSR count). The van der Waals surface area contributed by atoms with E-state index in [2.05, 4.69) is 36.7 Å². The molecule has 0 saturated carbocycles. The molecule has 2 N–H and O–H groups in total. The van der Waals surface area contributed by atoms with Crippen molar-refractivity contribution >= 4 is 17.6 Å². The summed E-state index contributed by atoms with van der Waals surface area (Å²) in [6.45, 7) is 8.34. The number of hydrogen-bond acceptors (Lipinski definition) is 4. The summed E-state index contributed by atoms with van der Waals surface area (Å²) in [7, 11) is 0. The molecular formula is C28H36ClN5O2. The second-order valence-electron chi connectivity index (χ2n) is 9.51. The maximum Gasteiger partial charge on any atom is 0.320 e. The van der Waals surface area contributed by atoms with Crippen LogP contribution in [0.25, 0.3) is 11.3 Å². The van der Waals surface area contributed by atoms with Crippen molar-refractivity contribution in [2.75, 3.05) is 39.4 Å². The highest BCUT2D eigenvalue weighted by atomic mass is 35.5. The number of nitrogens with zero attached hydrogens (tertiary/aromatic N) is 4. The summed E-state index contributed by atoms with van der Waals surface area (Å²) >= 11 is 6.30. The molecule has 8 heteroatoms. The standard InChI is InChI=1S/C28H36ClN5O2/c1-21(2)26(34(13-7-12-30)28(35)32-14-16-36-17-15-32)27-31-25(23-10-6-11-24(29)18-23)20-33(27)19-22-8-4-3-5-9-22/h3-6,8-11,18,20-21,26H,7,12-17,19,30H2,1-2H3/t26-/m1/s1. The normalized spacial score (nSPS) is 14.8. The van der Waals surface area contributed by atoms with Gasteiger partial charge in [0.2, 0.25) is 0 Å². The average molecular weight is 510 g/mol. The van der Waals surface area contributed by atoms with E-state index < -0.39 is 0 Å². The van der Waals surface area contributed by atoms with Crippen LogP contribution in [0.5, 0.6) is 0 Å². The van der Waals surface area contributed by atoms with E-state index in [1.54, 1.807) is 0 Å². The van der Waals surface area contributed by atoms with Gasteiger partial charge < -0.3 is 24.8 Å². The lowest BCUT2D eigenvalue weighted by Crippen LogP contribution is -2.51. The summed E-state index contributed by atoms with van der Waals surface area (Å²) in [6, 6.07) is 17.9. The number of nitrogens with two attached hydrogens (primary N) is 1. The minimum absolute atomic E-state index is 0.0176. The highest BCUT2D eigenvalue weighted by Gasteiger charge is 2.34. The fourth-order valence-electron chi connectivity index (χ4n) is 4.71. The summed E-state index contributed by atoms with van der Waals surface area (Å²) in [5.41, 5.74) is 8.85. The van der Waals surface area contributed by atoms with E-state index in [1.807, 2.05) is 52.3 Å². The smallest absolute Gasteiger partial charge is 0.320 e. The lowest BCUT2D eigenvalue weighted by atomic mass is 10.0. The third-order valence-corrected chi connectivity index (χ3v) is 6.72. The summed E-state index contributed by atoms with van der Waals surface area (Å²) in [5, 5.41) is 0.666. The number of imidazole rings is 1. The van der Waals surface area contributed by atoms with Crippen LogP contribution in [-0.4, -0.2) is 64.8 Å². The summed E-state index contributed by atoms with van der Waals surface area (Å²) in [6.07, 6.45) is 2.80. The van der Waals surface area contributed by atoms with Gasteiger partial charge in [-0.25, -0.2) is 9.78 Å². The molecule has 0 radical (unpaired) electrons. The first kappa shape index (κ1) is 26.2. The Labute approximate surface area is 218 Å². The molecule has 36 heavy (non-hydrogen) atoms. The average Bonchev–Trinajstić information content (AvgIpc) is 3.30. The van der Waals surface area contributed by atoms with Crippen LogP contribution in [0.15, 0.2) is 60.8 Å². The Morgan fingerprint density at radius 2 is 1.89 bits per heavy atom. The topological polar surface area (TPSA) is 76.6 Å². The Balaban J connectivity index is 1.78. The van der Waals surface area contributed by atoms with Crippen LogP contribution in [0, 0.1) is 5.92 Å². The molecule has 1 atom stereocenters. The fourth-order valence-corrected chi connectivity index (χ4v) is 4.90. The van der Waals surface area contributed by atoms with E-state index in [1.165, 1.54) is 5.56 Å². The Kier molecular flexibility index (Phi) is 9.02. The Morgan fingerprint density at radius 1 is 1.14 bits per heavy atom. The van der Waals surface area contributed by atoms with Crippen molar-refractivity contribution in [3.63, 3.8) is 0 Å². The van der Waals surface area contributed by atoms with Crippen molar-refractivity contribution in [2.24, 2.45) is 11.7 Å². The molecule has 2 heterocycles. The first-order valence-corrected chi connectivity index (χ1v) is 13.1. The molecule has 0 unspecified atom stereocenters. The molecule has 1 fully saturated rings. The van der Waals surface area contributed by atoms with Crippen LogP contribution in [0.2, 0.25) is 5.02 Å². The van der Waals surface area contributed by atoms with E-state index >= 15 is 0 Å². The van der Waals surface area contributed by atoms with Crippen LogP contribution >= 0.6 is 11.6 Å². The van der Waals surface area contributed by atoms with Crippen LogP contribution in [0.4, 0.5) is 4.79 Å². The van der Waals surface area contributed by atoms with Gasteiger partial charge in [-0.15, -0.1) is 0 Å². The number of rotatable bonds is 9. The molecule has 1 saturated heterocycles. The molecule has 1 aliphatic heterocycles. The van der Waals surface area contributed by atoms with Crippen LogP contribution in [-0.2, 0) is 11.3 Å². The lowest BCUT2D eigenvalue weighted by molar-refractivity contribution is 0.0352. The molecule has 2 aromatic carbocycles. The fraction of sp³-hybridized carbons (Fsp3) is 0.429. The molecule has 192 valence electrons. The molecule has 2 amide bonds. The number of urea groups is 1. The number of carbonyl (C=O) groups is 1. The molecule has 1 aromatic heterocycles. The van der Waals surface area contributed by atoms with E-state index in [4.69, 9.17) is 27.1 Å².